The quantitative estimate of drug-likeness (QED) is 0.0633. The lowest BCUT2D eigenvalue weighted by Gasteiger charge is -2.33. The minimum Gasteiger partial charge on any atom is -0.481 e. The Kier molecular flexibility index (Phi) is 22.3. The molecule has 0 radical (unpaired) electrons. The minimum atomic E-state index is -1.73. The van der Waals surface area contributed by atoms with Crippen LogP contribution in [0.1, 0.15) is 156 Å². The van der Waals surface area contributed by atoms with Crippen molar-refractivity contribution in [3.63, 3.8) is 0 Å². The Morgan fingerprint density at radius 2 is 1.07 bits per heavy atom. The fourth-order valence-corrected chi connectivity index (χ4v) is 5.82. The highest BCUT2D eigenvalue weighted by Gasteiger charge is 2.43. The van der Waals surface area contributed by atoms with Crippen LogP contribution in [0.3, 0.4) is 0 Å². The molecule has 10 nitrogen and oxygen atoms in total. The van der Waals surface area contributed by atoms with E-state index in [9.17, 15) is 34.2 Å². The molecule has 0 saturated carbocycles. The Labute approximate surface area is 259 Å². The van der Waals surface area contributed by atoms with Crippen molar-refractivity contribution in [3.8, 4) is 0 Å². The molecule has 0 fully saturated rings. The van der Waals surface area contributed by atoms with Crippen LogP contribution < -0.4 is 16.8 Å². The summed E-state index contributed by atoms with van der Waals surface area (Å²) in [4.78, 5) is 61.1. The number of primary amides is 2. The number of hydrogen-bond donors (Lipinski definition) is 5. The van der Waals surface area contributed by atoms with Crippen molar-refractivity contribution >= 4 is 29.7 Å². The summed E-state index contributed by atoms with van der Waals surface area (Å²) in [6, 6.07) is 0. The molecule has 250 valence electrons. The zero-order valence-corrected chi connectivity index (χ0v) is 27.2. The first-order valence-electron chi connectivity index (χ1n) is 16.8. The van der Waals surface area contributed by atoms with Gasteiger partial charge in [0.25, 0.3) is 0 Å². The molecule has 7 N–H and O–H groups in total. The van der Waals surface area contributed by atoms with E-state index in [1.54, 1.807) is 0 Å². The van der Waals surface area contributed by atoms with Gasteiger partial charge in [0.1, 0.15) is 5.54 Å². The van der Waals surface area contributed by atoms with Crippen molar-refractivity contribution in [3.05, 3.63) is 0 Å². The van der Waals surface area contributed by atoms with Crippen molar-refractivity contribution in [1.29, 1.82) is 0 Å². The Morgan fingerprint density at radius 3 is 1.49 bits per heavy atom. The number of nitrogens with two attached hydrogens (primary N) is 2. The van der Waals surface area contributed by atoms with E-state index in [1.807, 2.05) is 13.8 Å². The molecule has 0 aliphatic heterocycles. The lowest BCUT2D eigenvalue weighted by Crippen LogP contribution is -2.56. The second-order valence-electron chi connectivity index (χ2n) is 12.3. The molecule has 10 heteroatoms. The van der Waals surface area contributed by atoms with Crippen molar-refractivity contribution in [1.82, 2.24) is 5.32 Å². The molecule has 43 heavy (non-hydrogen) atoms. The van der Waals surface area contributed by atoms with Gasteiger partial charge in [-0.1, -0.05) is 97.8 Å². The van der Waals surface area contributed by atoms with Crippen LogP contribution in [0.4, 0.5) is 0 Å². The molecule has 0 saturated heterocycles. The van der Waals surface area contributed by atoms with E-state index in [0.717, 1.165) is 19.3 Å². The van der Waals surface area contributed by atoms with Gasteiger partial charge in [0, 0.05) is 18.3 Å². The fraction of sp³-hybridized carbons (Fsp3) is 0.848. The highest BCUT2D eigenvalue weighted by Crippen LogP contribution is 2.29. The van der Waals surface area contributed by atoms with Crippen LogP contribution in [0.25, 0.3) is 0 Å². The number of amides is 3. The third-order valence-electron chi connectivity index (χ3n) is 8.79. The number of unbranched alkanes of at least 4 members (excludes halogenated alkanes) is 10. The number of carboxylic acids is 2. The number of hydrogen-bond acceptors (Lipinski definition) is 5. The summed E-state index contributed by atoms with van der Waals surface area (Å²) in [5.41, 5.74) is 9.14. The maximum Gasteiger partial charge on any atom is 0.329 e. The Bertz CT molecular complexity index is 835. The minimum absolute atomic E-state index is 0.0599. The van der Waals surface area contributed by atoms with Crippen LogP contribution in [0.5, 0.6) is 0 Å². The first-order valence-corrected chi connectivity index (χ1v) is 16.8. The van der Waals surface area contributed by atoms with Crippen molar-refractivity contribution < 1.29 is 34.2 Å². The van der Waals surface area contributed by atoms with Gasteiger partial charge in [-0.2, -0.15) is 0 Å². The molecule has 0 aliphatic carbocycles. The van der Waals surface area contributed by atoms with E-state index in [2.05, 4.69) is 12.2 Å². The smallest absolute Gasteiger partial charge is 0.329 e. The molecule has 0 aromatic heterocycles. The van der Waals surface area contributed by atoms with Gasteiger partial charge in [0.15, 0.2) is 0 Å². The van der Waals surface area contributed by atoms with E-state index >= 15 is 0 Å². The van der Waals surface area contributed by atoms with Crippen LogP contribution in [0.15, 0.2) is 0 Å². The predicted molar refractivity (Wildman–Crippen MR) is 169 cm³/mol. The van der Waals surface area contributed by atoms with Crippen LogP contribution in [0, 0.1) is 17.8 Å². The zero-order chi connectivity index (χ0) is 32.7. The standard InChI is InChI=1S/C33H61N3O7/c1-4-7-8-9-10-11-12-13-14-22-28(37)36-33(32(42)43,23-18-17-20-26(6-3)30(35)39)24-27(31(40)41)21-16-15-19-25(5-2)29(34)38/h25-27H,4-24H2,1-3H3,(H2,34,38)(H2,35,39)(H,36,37)(H,40,41)(H,42,43)/t25?,26?,27?,33-/m0/s1. The number of rotatable bonds is 29. The average Bonchev–Trinajstić information content (AvgIpc) is 2.94. The predicted octanol–water partition coefficient (Wildman–Crippen LogP) is 6.08. The Balaban J connectivity index is 5.38. The molecular weight excluding hydrogens is 550 g/mol. The van der Waals surface area contributed by atoms with Crippen molar-refractivity contribution in [2.45, 2.75) is 161 Å². The molecule has 0 bridgehead atoms. The van der Waals surface area contributed by atoms with Gasteiger partial charge in [-0.15, -0.1) is 0 Å². The van der Waals surface area contributed by atoms with E-state index < -0.39 is 29.3 Å². The van der Waals surface area contributed by atoms with Crippen LogP contribution in [0.2, 0.25) is 0 Å². The molecule has 0 aliphatic rings. The topological polar surface area (TPSA) is 190 Å². The number of nitrogens with one attached hydrogen (secondary N) is 1. The largest absolute Gasteiger partial charge is 0.481 e. The van der Waals surface area contributed by atoms with Gasteiger partial charge in [0.05, 0.1) is 5.92 Å². The molecule has 0 aromatic carbocycles. The van der Waals surface area contributed by atoms with Crippen LogP contribution >= 0.6 is 0 Å². The third-order valence-corrected chi connectivity index (χ3v) is 8.79. The number of carboxylic acid groups (broad SMARTS) is 2. The molecular formula is C33H61N3O7. The van der Waals surface area contributed by atoms with Gasteiger partial charge in [0.2, 0.25) is 17.7 Å². The molecule has 4 atom stereocenters. The first-order chi connectivity index (χ1) is 20.4. The van der Waals surface area contributed by atoms with E-state index in [-0.39, 0.29) is 49.3 Å². The maximum absolute atomic E-state index is 13.0. The maximum atomic E-state index is 13.0. The van der Waals surface area contributed by atoms with Gasteiger partial charge < -0.3 is 27.0 Å². The number of carbonyl (C=O) groups excluding carboxylic acids is 3. The summed E-state index contributed by atoms with van der Waals surface area (Å²) in [5.74, 6) is -5.07. The van der Waals surface area contributed by atoms with Gasteiger partial charge in [-0.05, 0) is 51.4 Å². The summed E-state index contributed by atoms with van der Waals surface area (Å²) in [7, 11) is 0. The van der Waals surface area contributed by atoms with E-state index in [4.69, 9.17) is 11.5 Å². The van der Waals surface area contributed by atoms with Gasteiger partial charge in [-0.3, -0.25) is 19.2 Å². The molecule has 0 spiro atoms. The summed E-state index contributed by atoms with van der Waals surface area (Å²) >= 11 is 0. The Morgan fingerprint density at radius 1 is 0.628 bits per heavy atom. The average molecular weight is 612 g/mol. The highest BCUT2D eigenvalue weighted by molar-refractivity contribution is 5.87. The normalized spacial score (nSPS) is 14.8. The van der Waals surface area contributed by atoms with Gasteiger partial charge in [-0.25, -0.2) is 4.79 Å². The lowest BCUT2D eigenvalue weighted by molar-refractivity contribution is -0.152. The molecule has 0 heterocycles. The Hall–Kier alpha value is -2.65. The van der Waals surface area contributed by atoms with Crippen LogP contribution in [-0.4, -0.2) is 45.4 Å². The summed E-state index contributed by atoms with van der Waals surface area (Å²) in [6.07, 6.45) is 14.3. The lowest BCUT2D eigenvalue weighted by atomic mass is 9.80. The second kappa shape index (κ2) is 23.8. The number of aliphatic carboxylic acids is 2. The second-order valence-corrected chi connectivity index (χ2v) is 12.3. The highest BCUT2D eigenvalue weighted by atomic mass is 16.4. The summed E-state index contributed by atoms with van der Waals surface area (Å²) in [6.45, 7) is 5.93. The monoisotopic (exact) mass is 611 g/mol. The first kappa shape index (κ1) is 40.4. The third kappa shape index (κ3) is 17.9. The van der Waals surface area contributed by atoms with E-state index in [0.29, 0.717) is 57.8 Å². The summed E-state index contributed by atoms with van der Waals surface area (Å²) < 4.78 is 0. The molecule has 3 unspecified atom stereocenters. The molecule has 3 amide bonds. The zero-order valence-electron chi connectivity index (χ0n) is 27.2. The number of carbonyl (C=O) groups is 5. The van der Waals surface area contributed by atoms with Crippen LogP contribution in [-0.2, 0) is 24.0 Å². The molecule has 0 rings (SSSR count). The van der Waals surface area contributed by atoms with Crippen molar-refractivity contribution in [2.75, 3.05) is 0 Å². The SMILES string of the molecule is CCCCCCCCCCCC(=O)N[C@@](CCCCC(CC)C(N)=O)(CC(CCCCC(CC)C(N)=O)C(=O)O)C(=O)O. The fourth-order valence-electron chi connectivity index (χ4n) is 5.82. The summed E-state index contributed by atoms with van der Waals surface area (Å²) in [5, 5.41) is 23.1. The van der Waals surface area contributed by atoms with Crippen molar-refractivity contribution in [2.24, 2.45) is 29.2 Å². The molecule has 0 aromatic rings. The van der Waals surface area contributed by atoms with E-state index in [1.165, 1.54) is 32.1 Å². The van der Waals surface area contributed by atoms with Gasteiger partial charge >= 0.3 is 11.9 Å².